The average molecular weight is 313 g/mol. The van der Waals surface area contributed by atoms with Gasteiger partial charge in [-0.3, -0.25) is 14.9 Å². The Morgan fingerprint density at radius 3 is 2.70 bits per heavy atom. The molecule has 0 aliphatic rings. The van der Waals surface area contributed by atoms with Crippen molar-refractivity contribution in [1.29, 1.82) is 0 Å². The number of hydrogen-bond donors (Lipinski definition) is 1. The van der Waals surface area contributed by atoms with E-state index >= 15 is 0 Å². The predicted molar refractivity (Wildman–Crippen MR) is 85.4 cm³/mol. The molecule has 0 fully saturated rings. The first-order valence-corrected chi connectivity index (χ1v) is 6.80. The maximum absolute atomic E-state index is 12.3. The molecule has 0 spiro atoms. The number of aliphatic hydroxyl groups is 1. The summed E-state index contributed by atoms with van der Waals surface area (Å²) in [6.07, 6.45) is 2.65. The van der Waals surface area contributed by atoms with Crippen LogP contribution in [0.1, 0.15) is 21.5 Å². The summed E-state index contributed by atoms with van der Waals surface area (Å²) < 4.78 is 5.14. The van der Waals surface area contributed by atoms with Gasteiger partial charge in [-0.1, -0.05) is 18.2 Å². The number of rotatable bonds is 6. The molecular weight excluding hydrogens is 298 g/mol. The molecule has 0 aliphatic carbocycles. The van der Waals surface area contributed by atoms with Crippen molar-refractivity contribution in [2.45, 2.75) is 6.61 Å². The number of carbonyl (C=O) groups excluding carboxylic acids is 1. The Balaban J connectivity index is 2.34. The molecule has 2 aromatic carbocycles. The Kier molecular flexibility index (Phi) is 5.22. The molecule has 0 aliphatic heterocycles. The minimum atomic E-state index is -0.503. The van der Waals surface area contributed by atoms with Crippen LogP contribution in [0.25, 0.3) is 6.08 Å². The molecular formula is C17H15NO5. The Hall–Kier alpha value is -2.99. The van der Waals surface area contributed by atoms with E-state index in [1.54, 1.807) is 30.3 Å². The van der Waals surface area contributed by atoms with Gasteiger partial charge >= 0.3 is 0 Å². The number of ketones is 1. The lowest BCUT2D eigenvalue weighted by Crippen LogP contribution is -2.01. The zero-order valence-corrected chi connectivity index (χ0v) is 12.4. The lowest BCUT2D eigenvalue weighted by Gasteiger charge is -2.07. The van der Waals surface area contributed by atoms with Gasteiger partial charge in [0.25, 0.3) is 5.69 Å². The standard InChI is InChI=1S/C17H15NO5/c1-23-17-9-6-12(11-19)10-14(17)16(20)8-7-13-4-2-3-5-15(13)18(21)22/h2-10,19H,11H2,1H3. The molecule has 1 N–H and O–H groups in total. The number of ether oxygens (including phenoxy) is 1. The third kappa shape index (κ3) is 3.81. The van der Waals surface area contributed by atoms with Crippen LogP contribution in [0.3, 0.4) is 0 Å². The van der Waals surface area contributed by atoms with Crippen LogP contribution in [-0.2, 0) is 6.61 Å². The highest BCUT2D eigenvalue weighted by molar-refractivity contribution is 6.09. The zero-order chi connectivity index (χ0) is 16.8. The topological polar surface area (TPSA) is 89.7 Å². The van der Waals surface area contributed by atoms with Crippen LogP contribution in [0.15, 0.2) is 48.5 Å². The van der Waals surface area contributed by atoms with Crippen LogP contribution in [0.4, 0.5) is 5.69 Å². The normalized spacial score (nSPS) is 10.7. The van der Waals surface area contributed by atoms with Gasteiger partial charge in [0.2, 0.25) is 0 Å². The van der Waals surface area contributed by atoms with E-state index in [1.807, 2.05) is 0 Å². The fourth-order valence-corrected chi connectivity index (χ4v) is 2.10. The van der Waals surface area contributed by atoms with E-state index in [-0.39, 0.29) is 23.6 Å². The molecule has 23 heavy (non-hydrogen) atoms. The summed E-state index contributed by atoms with van der Waals surface area (Å²) in [5.74, 6) is 0.00899. The van der Waals surface area contributed by atoms with E-state index in [2.05, 4.69) is 0 Å². The largest absolute Gasteiger partial charge is 0.496 e. The summed E-state index contributed by atoms with van der Waals surface area (Å²) in [4.78, 5) is 22.8. The number of allylic oxidation sites excluding steroid dienone is 1. The molecule has 6 heteroatoms. The van der Waals surface area contributed by atoms with Gasteiger partial charge in [-0.2, -0.15) is 0 Å². The number of carbonyl (C=O) groups is 1. The van der Waals surface area contributed by atoms with Gasteiger partial charge < -0.3 is 9.84 Å². The molecule has 0 heterocycles. The highest BCUT2D eigenvalue weighted by Crippen LogP contribution is 2.23. The van der Waals surface area contributed by atoms with Crippen molar-refractivity contribution in [3.05, 3.63) is 75.3 Å². The van der Waals surface area contributed by atoms with Gasteiger partial charge in [0, 0.05) is 6.07 Å². The first-order valence-electron chi connectivity index (χ1n) is 6.80. The number of aliphatic hydroxyl groups excluding tert-OH is 1. The smallest absolute Gasteiger partial charge is 0.276 e. The molecule has 118 valence electrons. The third-order valence-electron chi connectivity index (χ3n) is 3.26. The van der Waals surface area contributed by atoms with Gasteiger partial charge in [0.05, 0.1) is 29.8 Å². The molecule has 6 nitrogen and oxygen atoms in total. The van der Waals surface area contributed by atoms with Crippen molar-refractivity contribution in [2.24, 2.45) is 0 Å². The van der Waals surface area contributed by atoms with Gasteiger partial charge in [-0.25, -0.2) is 0 Å². The molecule has 0 atom stereocenters. The van der Waals surface area contributed by atoms with E-state index < -0.39 is 4.92 Å². The van der Waals surface area contributed by atoms with E-state index in [0.29, 0.717) is 16.9 Å². The quantitative estimate of drug-likeness (QED) is 0.383. The van der Waals surface area contributed by atoms with Crippen molar-refractivity contribution >= 4 is 17.5 Å². The van der Waals surface area contributed by atoms with E-state index in [9.17, 15) is 14.9 Å². The number of nitro benzene ring substituents is 1. The molecule has 0 saturated carbocycles. The van der Waals surface area contributed by atoms with Crippen LogP contribution < -0.4 is 4.74 Å². The summed E-state index contributed by atoms with van der Waals surface area (Å²) in [5.41, 5.74) is 1.12. The van der Waals surface area contributed by atoms with Crippen LogP contribution >= 0.6 is 0 Å². The maximum atomic E-state index is 12.3. The molecule has 0 amide bonds. The molecule has 2 aromatic rings. The van der Waals surface area contributed by atoms with Crippen molar-refractivity contribution < 1.29 is 19.6 Å². The minimum Gasteiger partial charge on any atom is -0.496 e. The Morgan fingerprint density at radius 1 is 1.30 bits per heavy atom. The number of hydrogen-bond acceptors (Lipinski definition) is 5. The van der Waals surface area contributed by atoms with Gasteiger partial charge in [-0.15, -0.1) is 0 Å². The fourth-order valence-electron chi connectivity index (χ4n) is 2.10. The molecule has 0 aromatic heterocycles. The van der Waals surface area contributed by atoms with Gasteiger partial charge in [-0.05, 0) is 35.9 Å². The minimum absolute atomic E-state index is 0.0763. The molecule has 0 bridgehead atoms. The van der Waals surface area contributed by atoms with E-state index in [0.717, 1.165) is 0 Å². The molecule has 0 radical (unpaired) electrons. The van der Waals surface area contributed by atoms with Crippen molar-refractivity contribution in [2.75, 3.05) is 7.11 Å². The molecule has 0 unspecified atom stereocenters. The monoisotopic (exact) mass is 313 g/mol. The number of nitro groups is 1. The Bertz CT molecular complexity index is 767. The van der Waals surface area contributed by atoms with E-state index in [4.69, 9.17) is 9.84 Å². The molecule has 0 saturated heterocycles. The van der Waals surface area contributed by atoms with Crippen molar-refractivity contribution in [3.8, 4) is 5.75 Å². The summed E-state index contributed by atoms with van der Waals surface area (Å²) in [6, 6.07) is 10.9. The molecule has 2 rings (SSSR count). The second kappa shape index (κ2) is 7.33. The Morgan fingerprint density at radius 2 is 2.04 bits per heavy atom. The second-order valence-corrected chi connectivity index (χ2v) is 4.71. The average Bonchev–Trinajstić information content (AvgIpc) is 2.59. The summed E-state index contributed by atoms with van der Waals surface area (Å²) in [6.45, 7) is -0.196. The number of para-hydroxylation sites is 1. The van der Waals surface area contributed by atoms with Crippen LogP contribution in [0, 0.1) is 10.1 Å². The fraction of sp³-hybridized carbons (Fsp3) is 0.118. The van der Waals surface area contributed by atoms with Crippen LogP contribution in [0.2, 0.25) is 0 Å². The number of benzene rings is 2. The van der Waals surface area contributed by atoms with Crippen LogP contribution in [0.5, 0.6) is 5.75 Å². The van der Waals surface area contributed by atoms with Crippen molar-refractivity contribution in [1.82, 2.24) is 0 Å². The summed E-state index contributed by atoms with van der Waals surface area (Å²) in [5, 5.41) is 20.1. The lowest BCUT2D eigenvalue weighted by atomic mass is 10.0. The van der Waals surface area contributed by atoms with Crippen LogP contribution in [-0.4, -0.2) is 22.9 Å². The van der Waals surface area contributed by atoms with E-state index in [1.165, 1.54) is 31.4 Å². The summed E-state index contributed by atoms with van der Waals surface area (Å²) in [7, 11) is 1.44. The maximum Gasteiger partial charge on any atom is 0.276 e. The second-order valence-electron chi connectivity index (χ2n) is 4.71. The number of methoxy groups -OCH3 is 1. The third-order valence-corrected chi connectivity index (χ3v) is 3.26. The highest BCUT2D eigenvalue weighted by Gasteiger charge is 2.13. The van der Waals surface area contributed by atoms with Crippen molar-refractivity contribution in [3.63, 3.8) is 0 Å². The summed E-state index contributed by atoms with van der Waals surface area (Å²) >= 11 is 0. The number of nitrogens with zero attached hydrogens (tertiary/aromatic N) is 1. The Labute approximate surface area is 132 Å². The van der Waals surface area contributed by atoms with Gasteiger partial charge in [0.15, 0.2) is 5.78 Å². The van der Waals surface area contributed by atoms with Gasteiger partial charge in [0.1, 0.15) is 5.75 Å². The predicted octanol–water partition coefficient (Wildman–Crippen LogP) is 2.99. The highest BCUT2D eigenvalue weighted by atomic mass is 16.6. The lowest BCUT2D eigenvalue weighted by molar-refractivity contribution is -0.385. The first-order chi connectivity index (χ1) is 11.1. The first kappa shape index (κ1) is 16.4. The SMILES string of the molecule is COc1ccc(CO)cc1C(=O)C=Cc1ccccc1[N+](=O)[O-]. The zero-order valence-electron chi connectivity index (χ0n) is 12.4.